The molecule has 2 N–H and O–H groups in total. The first-order chi connectivity index (χ1) is 9.13. The number of rotatable bonds is 6. The van der Waals surface area contributed by atoms with Crippen LogP contribution >= 0.6 is 0 Å². The Kier molecular flexibility index (Phi) is 4.75. The maximum absolute atomic E-state index is 12.2. The van der Waals surface area contributed by atoms with Gasteiger partial charge in [0.1, 0.15) is 5.78 Å². The van der Waals surface area contributed by atoms with Gasteiger partial charge in [-0.15, -0.1) is 0 Å². The van der Waals surface area contributed by atoms with Crippen LogP contribution in [-0.2, 0) is 11.2 Å². The van der Waals surface area contributed by atoms with Crippen molar-refractivity contribution in [3.8, 4) is 0 Å². The Bertz CT molecular complexity index is 423. The summed E-state index contributed by atoms with van der Waals surface area (Å²) in [5.41, 5.74) is 6.76. The number of hydrogen-bond donors (Lipinski definition) is 1. The van der Waals surface area contributed by atoms with Gasteiger partial charge in [0.25, 0.3) is 0 Å². The van der Waals surface area contributed by atoms with Crippen LogP contribution in [0.25, 0.3) is 0 Å². The van der Waals surface area contributed by atoms with Crippen molar-refractivity contribution in [2.24, 2.45) is 11.7 Å². The Morgan fingerprint density at radius 3 is 2.79 bits per heavy atom. The molecule has 0 amide bonds. The fourth-order valence-corrected chi connectivity index (χ4v) is 2.97. The minimum Gasteiger partial charge on any atom is -0.328 e. The zero-order valence-electron chi connectivity index (χ0n) is 12.0. The lowest BCUT2D eigenvalue weighted by Gasteiger charge is -2.12. The third-order valence-corrected chi connectivity index (χ3v) is 4.26. The van der Waals surface area contributed by atoms with Crippen molar-refractivity contribution < 1.29 is 4.79 Å². The van der Waals surface area contributed by atoms with Crippen LogP contribution in [0, 0.1) is 5.92 Å². The van der Waals surface area contributed by atoms with E-state index in [2.05, 4.69) is 18.9 Å². The normalized spacial score (nSPS) is 23.2. The van der Waals surface area contributed by atoms with E-state index in [4.69, 9.17) is 5.73 Å². The van der Waals surface area contributed by atoms with Crippen molar-refractivity contribution in [1.82, 2.24) is 9.78 Å². The first kappa shape index (κ1) is 14.3. The SMILES string of the molecule is CCC(CC)n1ccc(CC(=O)C2CCC(N)C2)n1. The largest absolute Gasteiger partial charge is 0.328 e. The molecule has 0 aliphatic heterocycles. The molecule has 0 spiro atoms. The molecule has 1 aliphatic rings. The molecule has 106 valence electrons. The van der Waals surface area contributed by atoms with Gasteiger partial charge in [0.2, 0.25) is 0 Å². The van der Waals surface area contributed by atoms with E-state index in [0.717, 1.165) is 37.8 Å². The molecule has 0 aromatic carbocycles. The van der Waals surface area contributed by atoms with Crippen molar-refractivity contribution in [3.05, 3.63) is 18.0 Å². The van der Waals surface area contributed by atoms with Crippen LogP contribution in [0.1, 0.15) is 57.7 Å². The highest BCUT2D eigenvalue weighted by Gasteiger charge is 2.27. The highest BCUT2D eigenvalue weighted by molar-refractivity contribution is 5.83. The van der Waals surface area contributed by atoms with Gasteiger partial charge in [0, 0.05) is 18.2 Å². The second-order valence-electron chi connectivity index (χ2n) is 5.67. The average Bonchev–Trinajstić information content (AvgIpc) is 3.00. The van der Waals surface area contributed by atoms with Gasteiger partial charge in [-0.05, 0) is 38.2 Å². The number of nitrogens with two attached hydrogens (primary N) is 1. The second kappa shape index (κ2) is 6.33. The van der Waals surface area contributed by atoms with E-state index in [0.29, 0.717) is 18.2 Å². The van der Waals surface area contributed by atoms with Gasteiger partial charge in [-0.1, -0.05) is 13.8 Å². The summed E-state index contributed by atoms with van der Waals surface area (Å²) in [6.45, 7) is 4.33. The lowest BCUT2D eigenvalue weighted by Crippen LogP contribution is -2.19. The number of carbonyl (C=O) groups excluding carboxylic acids is 1. The smallest absolute Gasteiger partial charge is 0.142 e. The number of hydrogen-bond acceptors (Lipinski definition) is 3. The molecular weight excluding hydrogens is 238 g/mol. The first-order valence-corrected chi connectivity index (χ1v) is 7.46. The van der Waals surface area contributed by atoms with Gasteiger partial charge in [-0.25, -0.2) is 0 Å². The summed E-state index contributed by atoms with van der Waals surface area (Å²) in [6.07, 6.45) is 7.40. The van der Waals surface area contributed by atoms with Crippen LogP contribution in [0.2, 0.25) is 0 Å². The highest BCUT2D eigenvalue weighted by Crippen LogP contribution is 2.26. The fourth-order valence-electron chi connectivity index (χ4n) is 2.97. The lowest BCUT2D eigenvalue weighted by atomic mass is 9.99. The molecule has 1 heterocycles. The predicted molar refractivity (Wildman–Crippen MR) is 75.9 cm³/mol. The van der Waals surface area contributed by atoms with E-state index in [1.165, 1.54) is 0 Å². The third kappa shape index (κ3) is 3.44. The Labute approximate surface area is 115 Å². The van der Waals surface area contributed by atoms with Crippen LogP contribution in [0.4, 0.5) is 0 Å². The molecule has 4 nitrogen and oxygen atoms in total. The topological polar surface area (TPSA) is 60.9 Å². The van der Waals surface area contributed by atoms with Gasteiger partial charge in [-0.2, -0.15) is 5.10 Å². The van der Waals surface area contributed by atoms with Crippen molar-refractivity contribution in [1.29, 1.82) is 0 Å². The molecule has 1 aliphatic carbocycles. The Morgan fingerprint density at radius 2 is 2.21 bits per heavy atom. The summed E-state index contributed by atoms with van der Waals surface area (Å²) in [5, 5.41) is 4.55. The molecule has 0 radical (unpaired) electrons. The molecule has 1 saturated carbocycles. The van der Waals surface area contributed by atoms with Crippen LogP contribution in [0.3, 0.4) is 0 Å². The quantitative estimate of drug-likeness (QED) is 0.857. The monoisotopic (exact) mass is 263 g/mol. The van der Waals surface area contributed by atoms with Gasteiger partial charge in [-0.3, -0.25) is 9.48 Å². The molecule has 2 atom stereocenters. The molecule has 1 fully saturated rings. The number of aromatic nitrogens is 2. The summed E-state index contributed by atoms with van der Waals surface area (Å²) in [5.74, 6) is 0.469. The van der Waals surface area contributed by atoms with Crippen molar-refractivity contribution >= 4 is 5.78 Å². The first-order valence-electron chi connectivity index (χ1n) is 7.46. The highest BCUT2D eigenvalue weighted by atomic mass is 16.1. The Hall–Kier alpha value is -1.16. The summed E-state index contributed by atoms with van der Waals surface area (Å²) in [4.78, 5) is 12.2. The van der Waals surface area contributed by atoms with E-state index in [-0.39, 0.29) is 12.0 Å². The predicted octanol–water partition coefficient (Wildman–Crippen LogP) is 2.48. The Morgan fingerprint density at radius 1 is 1.47 bits per heavy atom. The number of carbonyl (C=O) groups is 1. The average molecular weight is 263 g/mol. The lowest BCUT2D eigenvalue weighted by molar-refractivity contribution is -0.122. The van der Waals surface area contributed by atoms with Gasteiger partial charge in [0.15, 0.2) is 0 Å². The molecule has 2 rings (SSSR count). The summed E-state index contributed by atoms with van der Waals surface area (Å²) >= 11 is 0. The van der Waals surface area contributed by atoms with Crippen molar-refractivity contribution in [3.63, 3.8) is 0 Å². The second-order valence-corrected chi connectivity index (χ2v) is 5.67. The van der Waals surface area contributed by atoms with E-state index in [1.54, 1.807) is 0 Å². The maximum atomic E-state index is 12.2. The van der Waals surface area contributed by atoms with Crippen LogP contribution in [-0.4, -0.2) is 21.6 Å². The van der Waals surface area contributed by atoms with E-state index in [9.17, 15) is 4.79 Å². The van der Waals surface area contributed by atoms with Crippen LogP contribution < -0.4 is 5.73 Å². The van der Waals surface area contributed by atoms with Gasteiger partial charge >= 0.3 is 0 Å². The fraction of sp³-hybridized carbons (Fsp3) is 0.733. The van der Waals surface area contributed by atoms with E-state index in [1.807, 2.05) is 16.9 Å². The summed E-state index contributed by atoms with van der Waals surface area (Å²) in [7, 11) is 0. The van der Waals surface area contributed by atoms with Crippen LogP contribution in [0.5, 0.6) is 0 Å². The third-order valence-electron chi connectivity index (χ3n) is 4.26. The molecule has 1 aromatic rings. The molecule has 2 unspecified atom stereocenters. The number of nitrogens with zero attached hydrogens (tertiary/aromatic N) is 2. The van der Waals surface area contributed by atoms with E-state index >= 15 is 0 Å². The Balaban J connectivity index is 1.94. The van der Waals surface area contributed by atoms with Gasteiger partial charge in [0.05, 0.1) is 18.2 Å². The minimum atomic E-state index is 0.160. The molecular formula is C15H25N3O. The molecule has 4 heteroatoms. The standard InChI is InChI=1S/C15H25N3O/c1-3-14(4-2)18-8-7-13(17-18)10-15(19)11-5-6-12(16)9-11/h7-8,11-12,14H,3-6,9-10,16H2,1-2H3. The van der Waals surface area contributed by atoms with Gasteiger partial charge < -0.3 is 5.73 Å². The summed E-state index contributed by atoms with van der Waals surface area (Å²) < 4.78 is 2.00. The number of ketones is 1. The molecule has 1 aromatic heterocycles. The zero-order chi connectivity index (χ0) is 13.8. The summed E-state index contributed by atoms with van der Waals surface area (Å²) in [6, 6.07) is 2.64. The molecule has 0 bridgehead atoms. The van der Waals surface area contributed by atoms with Crippen molar-refractivity contribution in [2.45, 2.75) is 64.5 Å². The van der Waals surface area contributed by atoms with Crippen molar-refractivity contribution in [2.75, 3.05) is 0 Å². The van der Waals surface area contributed by atoms with E-state index < -0.39 is 0 Å². The minimum absolute atomic E-state index is 0.160. The molecule has 19 heavy (non-hydrogen) atoms. The maximum Gasteiger partial charge on any atom is 0.142 e. The number of Topliss-reactive ketones (excluding diaryl/α,β-unsaturated/α-hetero) is 1. The zero-order valence-corrected chi connectivity index (χ0v) is 12.0. The molecule has 0 saturated heterocycles. The van der Waals surface area contributed by atoms with Crippen LogP contribution in [0.15, 0.2) is 12.3 Å².